The van der Waals surface area contributed by atoms with Crippen molar-refractivity contribution in [2.75, 3.05) is 6.54 Å². The third kappa shape index (κ3) is 4.42. The number of hydrogen-bond donors (Lipinski definition) is 1. The van der Waals surface area contributed by atoms with Gasteiger partial charge in [0.25, 0.3) is 5.91 Å². The Kier molecular flexibility index (Phi) is 4.09. The van der Waals surface area contributed by atoms with Gasteiger partial charge in [-0.25, -0.2) is 4.39 Å². The molecule has 1 aromatic carbocycles. The van der Waals surface area contributed by atoms with Crippen molar-refractivity contribution in [3.8, 4) is 0 Å². The van der Waals surface area contributed by atoms with Crippen molar-refractivity contribution in [2.45, 2.75) is 19.5 Å². The van der Waals surface area contributed by atoms with Crippen LogP contribution in [0.5, 0.6) is 0 Å². The van der Waals surface area contributed by atoms with Crippen LogP contribution in [0.4, 0.5) is 17.6 Å². The predicted molar refractivity (Wildman–Crippen MR) is 54.1 cm³/mol. The Bertz CT molecular complexity index is 414. The second-order valence-electron chi connectivity index (χ2n) is 3.60. The first kappa shape index (κ1) is 13.5. The summed E-state index contributed by atoms with van der Waals surface area (Å²) in [6.07, 6.45) is -5.47. The van der Waals surface area contributed by atoms with E-state index in [4.69, 9.17) is 0 Å². The molecule has 1 N–H and O–H groups in total. The molecule has 0 aromatic heterocycles. The second-order valence-corrected chi connectivity index (χ2v) is 3.60. The highest BCUT2D eigenvalue weighted by atomic mass is 19.4. The van der Waals surface area contributed by atoms with Gasteiger partial charge < -0.3 is 5.32 Å². The zero-order valence-corrected chi connectivity index (χ0v) is 9.07. The van der Waals surface area contributed by atoms with Crippen LogP contribution < -0.4 is 5.32 Å². The van der Waals surface area contributed by atoms with Gasteiger partial charge in [-0.3, -0.25) is 4.79 Å². The Morgan fingerprint density at radius 2 is 2.00 bits per heavy atom. The Labute approximate surface area is 95.6 Å². The molecule has 0 saturated carbocycles. The molecule has 6 heteroatoms. The van der Waals surface area contributed by atoms with Crippen LogP contribution in [0.15, 0.2) is 18.2 Å². The number of rotatable bonds is 3. The number of alkyl halides is 3. The third-order valence-corrected chi connectivity index (χ3v) is 2.06. The summed E-state index contributed by atoms with van der Waals surface area (Å²) < 4.78 is 48.7. The quantitative estimate of drug-likeness (QED) is 0.820. The van der Waals surface area contributed by atoms with Gasteiger partial charge in [0.2, 0.25) is 0 Å². The largest absolute Gasteiger partial charge is 0.390 e. The highest BCUT2D eigenvalue weighted by molar-refractivity contribution is 5.94. The first-order valence-electron chi connectivity index (χ1n) is 4.91. The van der Waals surface area contributed by atoms with Crippen LogP contribution in [0.25, 0.3) is 0 Å². The Balaban J connectivity index is 2.61. The highest BCUT2D eigenvalue weighted by Crippen LogP contribution is 2.18. The highest BCUT2D eigenvalue weighted by Gasteiger charge is 2.26. The fourth-order valence-corrected chi connectivity index (χ4v) is 1.23. The minimum Gasteiger partial charge on any atom is -0.352 e. The molecule has 0 spiro atoms. The van der Waals surface area contributed by atoms with Crippen molar-refractivity contribution in [1.82, 2.24) is 5.32 Å². The van der Waals surface area contributed by atoms with Gasteiger partial charge in [0, 0.05) is 6.54 Å². The topological polar surface area (TPSA) is 29.1 Å². The van der Waals surface area contributed by atoms with E-state index in [1.807, 2.05) is 5.32 Å². The molecule has 0 saturated heterocycles. The summed E-state index contributed by atoms with van der Waals surface area (Å²) in [6.45, 7) is 1.10. The summed E-state index contributed by atoms with van der Waals surface area (Å²) in [6, 6.07) is 3.87. The van der Waals surface area contributed by atoms with E-state index in [2.05, 4.69) is 0 Å². The number of hydrogen-bond acceptors (Lipinski definition) is 1. The number of halogens is 4. The molecule has 0 aliphatic rings. The second kappa shape index (κ2) is 5.16. The van der Waals surface area contributed by atoms with Gasteiger partial charge in [0.1, 0.15) is 5.82 Å². The van der Waals surface area contributed by atoms with E-state index in [0.717, 1.165) is 6.07 Å². The molecule has 0 radical (unpaired) electrons. The molecule has 1 rings (SSSR count). The molecule has 0 aliphatic carbocycles. The van der Waals surface area contributed by atoms with Crippen LogP contribution in [0.2, 0.25) is 0 Å². The zero-order chi connectivity index (χ0) is 13.1. The lowest BCUT2D eigenvalue weighted by molar-refractivity contribution is -0.132. The monoisotopic (exact) mass is 249 g/mol. The predicted octanol–water partition coefficient (Wildman–Crippen LogP) is 2.82. The number of nitrogens with one attached hydrogen (secondary N) is 1. The SMILES string of the molecule is Cc1ccc(F)c(C(=O)NCCC(F)(F)F)c1. The molecule has 0 bridgehead atoms. The molecule has 94 valence electrons. The maximum absolute atomic E-state index is 13.2. The van der Waals surface area contributed by atoms with E-state index in [9.17, 15) is 22.4 Å². The van der Waals surface area contributed by atoms with Crippen molar-refractivity contribution >= 4 is 5.91 Å². The Morgan fingerprint density at radius 1 is 1.35 bits per heavy atom. The molecular formula is C11H11F4NO. The van der Waals surface area contributed by atoms with Crippen molar-refractivity contribution in [3.63, 3.8) is 0 Å². The summed E-state index contributed by atoms with van der Waals surface area (Å²) in [5.41, 5.74) is 0.416. The number of carbonyl (C=O) groups is 1. The summed E-state index contributed by atoms with van der Waals surface area (Å²) >= 11 is 0. The average Bonchev–Trinajstić information content (AvgIpc) is 2.19. The van der Waals surface area contributed by atoms with Crippen LogP contribution in [0.3, 0.4) is 0 Å². The number of amides is 1. The molecule has 0 heterocycles. The average molecular weight is 249 g/mol. The fourth-order valence-electron chi connectivity index (χ4n) is 1.23. The van der Waals surface area contributed by atoms with Crippen LogP contribution in [-0.2, 0) is 0 Å². The van der Waals surface area contributed by atoms with Crippen molar-refractivity contribution in [3.05, 3.63) is 35.1 Å². The van der Waals surface area contributed by atoms with Gasteiger partial charge in [-0.15, -0.1) is 0 Å². The lowest BCUT2D eigenvalue weighted by Gasteiger charge is -2.08. The first-order valence-corrected chi connectivity index (χ1v) is 4.91. The van der Waals surface area contributed by atoms with Crippen molar-refractivity contribution in [2.24, 2.45) is 0 Å². The van der Waals surface area contributed by atoms with Gasteiger partial charge in [0.05, 0.1) is 12.0 Å². The van der Waals surface area contributed by atoms with Gasteiger partial charge in [-0.2, -0.15) is 13.2 Å². The Morgan fingerprint density at radius 3 is 2.59 bits per heavy atom. The van der Waals surface area contributed by atoms with E-state index >= 15 is 0 Å². The van der Waals surface area contributed by atoms with E-state index in [0.29, 0.717) is 5.56 Å². The molecule has 17 heavy (non-hydrogen) atoms. The maximum atomic E-state index is 13.2. The van der Waals surface area contributed by atoms with E-state index in [1.165, 1.54) is 12.1 Å². The Hall–Kier alpha value is -1.59. The first-order chi connectivity index (χ1) is 7.79. The molecule has 0 unspecified atom stereocenters. The standard InChI is InChI=1S/C11H11F4NO/c1-7-2-3-9(12)8(6-7)10(17)16-5-4-11(13,14)15/h2-3,6H,4-5H2,1H3,(H,16,17). The molecule has 1 amide bonds. The molecule has 1 aromatic rings. The van der Waals surface area contributed by atoms with Crippen LogP contribution in [0, 0.1) is 12.7 Å². The molecule has 2 nitrogen and oxygen atoms in total. The molecular weight excluding hydrogens is 238 g/mol. The summed E-state index contributed by atoms with van der Waals surface area (Å²) in [5.74, 6) is -1.59. The van der Waals surface area contributed by atoms with E-state index in [-0.39, 0.29) is 5.56 Å². The number of benzene rings is 1. The normalized spacial score (nSPS) is 11.4. The minimum atomic E-state index is -4.33. The van der Waals surface area contributed by atoms with Gasteiger partial charge in [0.15, 0.2) is 0 Å². The van der Waals surface area contributed by atoms with Gasteiger partial charge in [-0.1, -0.05) is 11.6 Å². The number of carbonyl (C=O) groups excluding carboxylic acids is 1. The van der Waals surface area contributed by atoms with Gasteiger partial charge in [-0.05, 0) is 19.1 Å². The number of aryl methyl sites for hydroxylation is 1. The molecule has 0 fully saturated rings. The van der Waals surface area contributed by atoms with Crippen LogP contribution in [0.1, 0.15) is 22.3 Å². The van der Waals surface area contributed by atoms with Gasteiger partial charge >= 0.3 is 6.18 Å². The zero-order valence-electron chi connectivity index (χ0n) is 9.07. The maximum Gasteiger partial charge on any atom is 0.390 e. The fraction of sp³-hybridized carbons (Fsp3) is 0.364. The van der Waals surface area contributed by atoms with Crippen LogP contribution in [-0.4, -0.2) is 18.6 Å². The molecule has 0 atom stereocenters. The summed E-state index contributed by atoms with van der Waals surface area (Å²) in [5, 5.41) is 2.02. The van der Waals surface area contributed by atoms with Crippen molar-refractivity contribution < 1.29 is 22.4 Å². The van der Waals surface area contributed by atoms with E-state index in [1.54, 1.807) is 6.92 Å². The van der Waals surface area contributed by atoms with Crippen LogP contribution >= 0.6 is 0 Å². The minimum absolute atomic E-state index is 0.243. The lowest BCUT2D eigenvalue weighted by Crippen LogP contribution is -2.28. The smallest absolute Gasteiger partial charge is 0.352 e. The van der Waals surface area contributed by atoms with E-state index < -0.39 is 30.9 Å². The molecule has 0 aliphatic heterocycles. The summed E-state index contributed by atoms with van der Waals surface area (Å²) in [7, 11) is 0. The lowest BCUT2D eigenvalue weighted by atomic mass is 10.1. The van der Waals surface area contributed by atoms with Crippen molar-refractivity contribution in [1.29, 1.82) is 0 Å². The summed E-state index contributed by atoms with van der Waals surface area (Å²) in [4.78, 5) is 11.4. The third-order valence-electron chi connectivity index (χ3n) is 2.06.